The second kappa shape index (κ2) is 6.49. The molecule has 2 heteroatoms. The van der Waals surface area contributed by atoms with Gasteiger partial charge < -0.3 is 10.4 Å². The fraction of sp³-hybridized carbons (Fsp3) is 1.00. The van der Waals surface area contributed by atoms with Gasteiger partial charge in [-0.15, -0.1) is 0 Å². The van der Waals surface area contributed by atoms with Crippen molar-refractivity contribution >= 4 is 0 Å². The molecular weight excluding hydrogens is 186 g/mol. The van der Waals surface area contributed by atoms with E-state index in [-0.39, 0.29) is 6.04 Å². The molecule has 0 saturated heterocycles. The Balaban J connectivity index is 3.69. The smallest absolute Gasteiger partial charge is 0.0741 e. The zero-order valence-electron chi connectivity index (χ0n) is 11.3. The number of hydrogen-bond acceptors (Lipinski definition) is 2. The van der Waals surface area contributed by atoms with Crippen molar-refractivity contribution in [3.05, 3.63) is 0 Å². The van der Waals surface area contributed by atoms with E-state index >= 15 is 0 Å². The van der Waals surface area contributed by atoms with Gasteiger partial charge in [-0.3, -0.25) is 0 Å². The van der Waals surface area contributed by atoms with Crippen LogP contribution in [0.3, 0.4) is 0 Å². The van der Waals surface area contributed by atoms with E-state index in [0.717, 1.165) is 5.92 Å². The number of hydrogen-bond donors (Lipinski definition) is 2. The van der Waals surface area contributed by atoms with Crippen LogP contribution in [0.1, 0.15) is 60.8 Å². The van der Waals surface area contributed by atoms with Crippen LogP contribution in [0.15, 0.2) is 0 Å². The Morgan fingerprint density at radius 2 is 1.60 bits per heavy atom. The zero-order valence-corrected chi connectivity index (χ0v) is 11.3. The molecule has 92 valence electrons. The van der Waals surface area contributed by atoms with Crippen LogP contribution in [0.4, 0.5) is 0 Å². The largest absolute Gasteiger partial charge is 0.389 e. The third kappa shape index (κ3) is 7.80. The number of nitrogens with one attached hydrogen (secondary N) is 1. The summed E-state index contributed by atoms with van der Waals surface area (Å²) in [6.07, 6.45) is 3.76. The molecule has 0 aliphatic heterocycles. The summed E-state index contributed by atoms with van der Waals surface area (Å²) in [6, 6.07) is 0.636. The van der Waals surface area contributed by atoms with E-state index in [0.29, 0.717) is 6.04 Å². The Bertz CT molecular complexity index is 160. The maximum atomic E-state index is 9.79. The van der Waals surface area contributed by atoms with Crippen molar-refractivity contribution in [2.24, 2.45) is 5.92 Å². The van der Waals surface area contributed by atoms with Gasteiger partial charge in [0.2, 0.25) is 0 Å². The molecule has 0 amide bonds. The SMILES string of the molecule is CC(C)CCCC(C)NC(C)C(C)(C)O. The van der Waals surface area contributed by atoms with Gasteiger partial charge in [0.05, 0.1) is 5.60 Å². The van der Waals surface area contributed by atoms with Crippen molar-refractivity contribution in [3.63, 3.8) is 0 Å². The van der Waals surface area contributed by atoms with Gasteiger partial charge >= 0.3 is 0 Å². The predicted molar refractivity (Wildman–Crippen MR) is 67.0 cm³/mol. The van der Waals surface area contributed by atoms with Crippen molar-refractivity contribution < 1.29 is 5.11 Å². The van der Waals surface area contributed by atoms with Crippen LogP contribution in [0.25, 0.3) is 0 Å². The topological polar surface area (TPSA) is 32.3 Å². The van der Waals surface area contributed by atoms with Gasteiger partial charge in [0.1, 0.15) is 0 Å². The Morgan fingerprint density at radius 3 is 2.00 bits per heavy atom. The minimum Gasteiger partial charge on any atom is -0.389 e. The highest BCUT2D eigenvalue weighted by Gasteiger charge is 2.22. The van der Waals surface area contributed by atoms with Crippen molar-refractivity contribution in [1.82, 2.24) is 5.32 Å². The van der Waals surface area contributed by atoms with E-state index in [4.69, 9.17) is 0 Å². The van der Waals surface area contributed by atoms with Crippen LogP contribution < -0.4 is 5.32 Å². The van der Waals surface area contributed by atoms with Crippen LogP contribution in [0, 0.1) is 5.92 Å². The standard InChI is InChI=1S/C13H29NO/c1-10(2)8-7-9-11(3)14-12(4)13(5,6)15/h10-12,14-15H,7-9H2,1-6H3. The van der Waals surface area contributed by atoms with E-state index in [9.17, 15) is 5.11 Å². The summed E-state index contributed by atoms with van der Waals surface area (Å²) in [4.78, 5) is 0. The minimum absolute atomic E-state index is 0.145. The molecule has 0 bridgehead atoms. The Hall–Kier alpha value is -0.0800. The minimum atomic E-state index is -0.633. The van der Waals surface area contributed by atoms with E-state index in [1.807, 2.05) is 20.8 Å². The average molecular weight is 215 g/mol. The van der Waals surface area contributed by atoms with Crippen molar-refractivity contribution in [2.75, 3.05) is 0 Å². The Labute approximate surface area is 95.5 Å². The lowest BCUT2D eigenvalue weighted by Crippen LogP contribution is -2.48. The highest BCUT2D eigenvalue weighted by molar-refractivity contribution is 4.81. The van der Waals surface area contributed by atoms with Crippen LogP contribution in [-0.4, -0.2) is 22.8 Å². The molecular formula is C13H29NO. The number of aliphatic hydroxyl groups is 1. The highest BCUT2D eigenvalue weighted by atomic mass is 16.3. The second-order valence-electron chi connectivity index (χ2n) is 5.77. The summed E-state index contributed by atoms with van der Waals surface area (Å²) in [7, 11) is 0. The van der Waals surface area contributed by atoms with Crippen molar-refractivity contribution in [2.45, 2.75) is 78.5 Å². The first-order valence-electron chi connectivity index (χ1n) is 6.22. The molecule has 2 unspecified atom stereocenters. The first-order chi connectivity index (χ1) is 6.73. The highest BCUT2D eigenvalue weighted by Crippen LogP contribution is 2.12. The fourth-order valence-corrected chi connectivity index (χ4v) is 1.55. The third-order valence-corrected chi connectivity index (χ3v) is 3.01. The summed E-state index contributed by atoms with van der Waals surface area (Å²) in [5, 5.41) is 13.2. The molecule has 0 saturated carbocycles. The first-order valence-corrected chi connectivity index (χ1v) is 6.22. The Kier molecular flexibility index (Phi) is 6.46. The van der Waals surface area contributed by atoms with Crippen LogP contribution in [0.5, 0.6) is 0 Å². The molecule has 0 aromatic rings. The maximum Gasteiger partial charge on any atom is 0.0741 e. The van der Waals surface area contributed by atoms with Crippen LogP contribution in [0.2, 0.25) is 0 Å². The first kappa shape index (κ1) is 14.9. The van der Waals surface area contributed by atoms with Crippen LogP contribution >= 0.6 is 0 Å². The molecule has 0 rings (SSSR count). The number of rotatable bonds is 7. The van der Waals surface area contributed by atoms with Gasteiger partial charge in [0.15, 0.2) is 0 Å². The van der Waals surface area contributed by atoms with E-state index in [1.165, 1.54) is 19.3 Å². The lowest BCUT2D eigenvalue weighted by atomic mass is 9.98. The fourth-order valence-electron chi connectivity index (χ4n) is 1.55. The zero-order chi connectivity index (χ0) is 12.1. The summed E-state index contributed by atoms with van der Waals surface area (Å²) < 4.78 is 0. The summed E-state index contributed by atoms with van der Waals surface area (Å²) in [5.41, 5.74) is -0.633. The lowest BCUT2D eigenvalue weighted by Gasteiger charge is -2.30. The van der Waals surface area contributed by atoms with Gasteiger partial charge in [0, 0.05) is 12.1 Å². The summed E-state index contributed by atoms with van der Waals surface area (Å²) in [6.45, 7) is 12.5. The predicted octanol–water partition coefficient (Wildman–Crippen LogP) is 2.95. The average Bonchev–Trinajstić information content (AvgIpc) is 2.01. The van der Waals surface area contributed by atoms with E-state index in [2.05, 4.69) is 26.1 Å². The molecule has 15 heavy (non-hydrogen) atoms. The third-order valence-electron chi connectivity index (χ3n) is 3.01. The van der Waals surface area contributed by atoms with E-state index < -0.39 is 5.60 Å². The molecule has 0 aromatic carbocycles. The Morgan fingerprint density at radius 1 is 1.07 bits per heavy atom. The van der Waals surface area contributed by atoms with Gasteiger partial charge in [-0.1, -0.05) is 26.7 Å². The molecule has 0 fully saturated rings. The van der Waals surface area contributed by atoms with Gasteiger partial charge in [-0.25, -0.2) is 0 Å². The maximum absolute atomic E-state index is 9.79. The normalized spacial score (nSPS) is 16.8. The lowest BCUT2D eigenvalue weighted by molar-refractivity contribution is 0.0400. The van der Waals surface area contributed by atoms with Crippen LogP contribution in [-0.2, 0) is 0 Å². The summed E-state index contributed by atoms with van der Waals surface area (Å²) >= 11 is 0. The molecule has 0 aromatic heterocycles. The molecule has 2 atom stereocenters. The second-order valence-corrected chi connectivity index (χ2v) is 5.77. The van der Waals surface area contributed by atoms with Gasteiger partial charge in [-0.2, -0.15) is 0 Å². The van der Waals surface area contributed by atoms with E-state index in [1.54, 1.807) is 0 Å². The van der Waals surface area contributed by atoms with Gasteiger partial charge in [0.25, 0.3) is 0 Å². The van der Waals surface area contributed by atoms with Crippen molar-refractivity contribution in [1.29, 1.82) is 0 Å². The quantitative estimate of drug-likeness (QED) is 0.684. The monoisotopic (exact) mass is 215 g/mol. The molecule has 0 heterocycles. The molecule has 2 N–H and O–H groups in total. The molecule has 0 aliphatic carbocycles. The van der Waals surface area contributed by atoms with Crippen molar-refractivity contribution in [3.8, 4) is 0 Å². The molecule has 0 spiro atoms. The molecule has 0 radical (unpaired) electrons. The summed E-state index contributed by atoms with van der Waals surface area (Å²) in [5.74, 6) is 0.795. The molecule has 2 nitrogen and oxygen atoms in total. The van der Waals surface area contributed by atoms with Gasteiger partial charge in [-0.05, 0) is 40.0 Å². The molecule has 0 aliphatic rings.